The number of hydrogen-bond acceptors (Lipinski definition) is 2. The van der Waals surface area contributed by atoms with Gasteiger partial charge in [-0.3, -0.25) is 4.79 Å². The Labute approximate surface area is 123 Å². The molecule has 0 bridgehead atoms. The molecule has 5 heteroatoms. The van der Waals surface area contributed by atoms with Gasteiger partial charge >= 0.3 is 0 Å². The molecule has 1 aliphatic rings. The fourth-order valence-corrected chi connectivity index (χ4v) is 2.47. The van der Waals surface area contributed by atoms with Crippen molar-refractivity contribution < 1.29 is 13.9 Å². The smallest absolute Gasteiger partial charge is 0.255 e. The third kappa shape index (κ3) is 2.59. The fraction of sp³-hybridized carbons (Fsp3) is 0.133. The minimum absolute atomic E-state index is 0.224. The zero-order valence-electron chi connectivity index (χ0n) is 10.5. The van der Waals surface area contributed by atoms with E-state index in [4.69, 9.17) is 4.74 Å². The summed E-state index contributed by atoms with van der Waals surface area (Å²) in [5.74, 6) is -0.587. The molecule has 0 atom stereocenters. The van der Waals surface area contributed by atoms with E-state index in [2.05, 4.69) is 21.2 Å². The first-order chi connectivity index (χ1) is 9.63. The van der Waals surface area contributed by atoms with Crippen LogP contribution < -0.4 is 5.32 Å². The van der Waals surface area contributed by atoms with E-state index in [0.29, 0.717) is 28.9 Å². The van der Waals surface area contributed by atoms with Crippen molar-refractivity contribution in [3.63, 3.8) is 0 Å². The van der Waals surface area contributed by atoms with Crippen LogP contribution in [0.2, 0.25) is 0 Å². The number of fused-ring (bicyclic) bond motifs is 1. The number of anilines is 1. The van der Waals surface area contributed by atoms with Crippen molar-refractivity contribution in [1.82, 2.24) is 0 Å². The molecule has 102 valence electrons. The van der Waals surface area contributed by atoms with E-state index in [1.54, 1.807) is 6.07 Å². The second-order valence-corrected chi connectivity index (χ2v) is 5.41. The maximum Gasteiger partial charge on any atom is 0.255 e. The second kappa shape index (κ2) is 5.34. The zero-order chi connectivity index (χ0) is 14.1. The van der Waals surface area contributed by atoms with Crippen molar-refractivity contribution in [3.8, 4) is 0 Å². The molecule has 0 fully saturated rings. The van der Waals surface area contributed by atoms with E-state index in [0.717, 1.165) is 11.1 Å². The molecule has 20 heavy (non-hydrogen) atoms. The van der Waals surface area contributed by atoms with Crippen LogP contribution in [0.5, 0.6) is 0 Å². The van der Waals surface area contributed by atoms with Crippen molar-refractivity contribution in [2.75, 3.05) is 5.32 Å². The third-order valence-electron chi connectivity index (χ3n) is 3.16. The molecule has 2 aromatic carbocycles. The van der Waals surface area contributed by atoms with Gasteiger partial charge in [0.25, 0.3) is 5.91 Å². The van der Waals surface area contributed by atoms with Crippen LogP contribution in [-0.4, -0.2) is 5.91 Å². The van der Waals surface area contributed by atoms with Crippen LogP contribution >= 0.6 is 15.9 Å². The molecule has 1 amide bonds. The summed E-state index contributed by atoms with van der Waals surface area (Å²) in [6, 6.07) is 9.85. The van der Waals surface area contributed by atoms with Crippen LogP contribution in [0.3, 0.4) is 0 Å². The molecular formula is C15H11BrFNO2. The first-order valence-corrected chi connectivity index (χ1v) is 6.89. The Balaban J connectivity index is 1.80. The number of benzene rings is 2. The molecule has 0 saturated heterocycles. The summed E-state index contributed by atoms with van der Waals surface area (Å²) in [7, 11) is 0. The van der Waals surface area contributed by atoms with Gasteiger partial charge in [-0.1, -0.05) is 6.07 Å². The lowest BCUT2D eigenvalue weighted by Crippen LogP contribution is -2.12. The average Bonchev–Trinajstić information content (AvgIpc) is 2.90. The SMILES string of the molecule is O=C(Nc1ccc(F)c(Br)c1)c1ccc2c(c1)COC2. The highest BCUT2D eigenvalue weighted by Gasteiger charge is 2.14. The van der Waals surface area contributed by atoms with Crippen LogP contribution in [0.1, 0.15) is 21.5 Å². The normalized spacial score (nSPS) is 13.1. The van der Waals surface area contributed by atoms with Gasteiger partial charge in [0.1, 0.15) is 5.82 Å². The predicted octanol–water partition coefficient (Wildman–Crippen LogP) is 3.87. The van der Waals surface area contributed by atoms with Crippen LogP contribution in [0.25, 0.3) is 0 Å². The summed E-state index contributed by atoms with van der Waals surface area (Å²) in [5, 5.41) is 2.74. The van der Waals surface area contributed by atoms with Crippen molar-refractivity contribution in [3.05, 3.63) is 63.4 Å². The fourth-order valence-electron chi connectivity index (χ4n) is 2.09. The number of hydrogen-bond donors (Lipinski definition) is 1. The second-order valence-electron chi connectivity index (χ2n) is 4.56. The Morgan fingerprint density at radius 1 is 1.15 bits per heavy atom. The molecule has 0 aliphatic carbocycles. The number of carbonyl (C=O) groups excluding carboxylic acids is 1. The van der Waals surface area contributed by atoms with Gasteiger partial charge < -0.3 is 10.1 Å². The van der Waals surface area contributed by atoms with Gasteiger partial charge in [-0.15, -0.1) is 0 Å². The lowest BCUT2D eigenvalue weighted by atomic mass is 10.1. The molecule has 0 radical (unpaired) electrons. The lowest BCUT2D eigenvalue weighted by molar-refractivity contribution is 0.102. The molecule has 0 spiro atoms. The first-order valence-electron chi connectivity index (χ1n) is 6.09. The molecular weight excluding hydrogens is 325 g/mol. The van der Waals surface area contributed by atoms with Crippen LogP contribution in [0.4, 0.5) is 10.1 Å². The summed E-state index contributed by atoms with van der Waals surface area (Å²) < 4.78 is 18.8. The van der Waals surface area contributed by atoms with Gasteiger partial charge in [0.15, 0.2) is 0 Å². The maximum absolute atomic E-state index is 13.1. The number of ether oxygens (including phenoxy) is 1. The molecule has 0 aromatic heterocycles. The molecule has 2 aromatic rings. The maximum atomic E-state index is 13.1. The van der Waals surface area contributed by atoms with Gasteiger partial charge in [-0.2, -0.15) is 0 Å². The van der Waals surface area contributed by atoms with E-state index < -0.39 is 0 Å². The lowest BCUT2D eigenvalue weighted by Gasteiger charge is -2.07. The van der Waals surface area contributed by atoms with Gasteiger partial charge in [-0.05, 0) is 57.4 Å². The molecule has 3 nitrogen and oxygen atoms in total. The quantitative estimate of drug-likeness (QED) is 0.904. The van der Waals surface area contributed by atoms with E-state index in [1.165, 1.54) is 18.2 Å². The molecule has 1 aliphatic heterocycles. The van der Waals surface area contributed by atoms with Gasteiger partial charge in [0.2, 0.25) is 0 Å². The van der Waals surface area contributed by atoms with Crippen LogP contribution in [0, 0.1) is 5.82 Å². The van der Waals surface area contributed by atoms with Gasteiger partial charge in [0.05, 0.1) is 17.7 Å². The Kier molecular flexibility index (Phi) is 3.54. The van der Waals surface area contributed by atoms with Crippen LogP contribution in [0.15, 0.2) is 40.9 Å². The Morgan fingerprint density at radius 3 is 2.75 bits per heavy atom. The number of amides is 1. The Hall–Kier alpha value is -1.72. The largest absolute Gasteiger partial charge is 0.372 e. The van der Waals surface area contributed by atoms with Crippen molar-refractivity contribution in [2.24, 2.45) is 0 Å². The summed E-state index contributed by atoms with van der Waals surface area (Å²) in [6.07, 6.45) is 0. The van der Waals surface area contributed by atoms with Crippen molar-refractivity contribution >= 4 is 27.5 Å². The number of halogens is 2. The molecule has 1 heterocycles. The van der Waals surface area contributed by atoms with E-state index in [-0.39, 0.29) is 11.7 Å². The highest BCUT2D eigenvalue weighted by atomic mass is 79.9. The van der Waals surface area contributed by atoms with E-state index in [1.807, 2.05) is 12.1 Å². The van der Waals surface area contributed by atoms with E-state index >= 15 is 0 Å². The average molecular weight is 336 g/mol. The molecule has 0 unspecified atom stereocenters. The predicted molar refractivity (Wildman–Crippen MR) is 77.0 cm³/mol. The summed E-state index contributed by atoms with van der Waals surface area (Å²) >= 11 is 3.09. The Bertz CT molecular complexity index is 688. The third-order valence-corrected chi connectivity index (χ3v) is 3.77. The number of nitrogens with one attached hydrogen (secondary N) is 1. The molecule has 1 N–H and O–H groups in total. The summed E-state index contributed by atoms with van der Waals surface area (Å²) in [4.78, 5) is 12.1. The van der Waals surface area contributed by atoms with Crippen LogP contribution in [-0.2, 0) is 18.0 Å². The Morgan fingerprint density at radius 2 is 1.95 bits per heavy atom. The zero-order valence-corrected chi connectivity index (χ0v) is 12.0. The minimum Gasteiger partial charge on any atom is -0.372 e. The molecule has 3 rings (SSSR count). The topological polar surface area (TPSA) is 38.3 Å². The van der Waals surface area contributed by atoms with E-state index in [9.17, 15) is 9.18 Å². The minimum atomic E-state index is -0.363. The number of rotatable bonds is 2. The summed E-state index contributed by atoms with van der Waals surface area (Å²) in [5.41, 5.74) is 3.26. The van der Waals surface area contributed by atoms with Crippen molar-refractivity contribution in [1.29, 1.82) is 0 Å². The van der Waals surface area contributed by atoms with Gasteiger partial charge in [0, 0.05) is 11.3 Å². The summed E-state index contributed by atoms with van der Waals surface area (Å²) in [6.45, 7) is 1.14. The van der Waals surface area contributed by atoms with Gasteiger partial charge in [-0.25, -0.2) is 4.39 Å². The number of carbonyl (C=O) groups is 1. The monoisotopic (exact) mass is 335 g/mol. The molecule has 0 saturated carbocycles. The first kappa shape index (κ1) is 13.3. The standard InChI is InChI=1S/C15H11BrFNO2/c16-13-6-12(3-4-14(13)17)18-15(19)9-1-2-10-7-20-8-11(10)5-9/h1-6H,7-8H2,(H,18,19). The highest BCUT2D eigenvalue weighted by molar-refractivity contribution is 9.10. The highest BCUT2D eigenvalue weighted by Crippen LogP contribution is 2.23. The van der Waals surface area contributed by atoms with Crippen molar-refractivity contribution in [2.45, 2.75) is 13.2 Å².